The Balaban J connectivity index is 2.90. The minimum absolute atomic E-state index is 0.310. The molecule has 16 heavy (non-hydrogen) atoms. The van der Waals surface area contributed by atoms with Gasteiger partial charge in [-0.1, -0.05) is 0 Å². The fraction of sp³-hybridized carbons (Fsp3) is 0.364. The summed E-state index contributed by atoms with van der Waals surface area (Å²) in [5, 5.41) is 2.98. The van der Waals surface area contributed by atoms with E-state index in [4.69, 9.17) is 6.42 Å². The minimum atomic E-state index is -0.469. The monoisotopic (exact) mass is 219 g/mol. The van der Waals surface area contributed by atoms with Crippen LogP contribution in [-0.4, -0.2) is 29.6 Å². The quantitative estimate of drug-likeness (QED) is 0.465. The van der Waals surface area contributed by atoms with E-state index in [0.717, 1.165) is 0 Å². The number of carbonyl (C=O) groups excluding carboxylic acids is 1. The van der Waals surface area contributed by atoms with Gasteiger partial charge in [0.15, 0.2) is 0 Å². The summed E-state index contributed by atoms with van der Waals surface area (Å²) in [6.07, 6.45) is 7.13. The third kappa shape index (κ3) is 2.95. The van der Waals surface area contributed by atoms with E-state index < -0.39 is 5.97 Å². The molecule has 0 aromatic carbocycles. The van der Waals surface area contributed by atoms with E-state index in [1.165, 1.54) is 13.3 Å². The Kier molecular flexibility index (Phi) is 4.28. The van der Waals surface area contributed by atoms with Crippen LogP contribution in [0.1, 0.15) is 22.6 Å². The van der Waals surface area contributed by atoms with Gasteiger partial charge in [0.25, 0.3) is 0 Å². The lowest BCUT2D eigenvalue weighted by atomic mass is 10.3. The summed E-state index contributed by atoms with van der Waals surface area (Å²) in [5.41, 5.74) is 0.310. The molecule has 1 N–H and O–H groups in total. The number of nitrogens with zero attached hydrogens (tertiary/aromatic N) is 2. The van der Waals surface area contributed by atoms with Gasteiger partial charge in [-0.05, 0) is 6.92 Å². The number of terminal acetylenes is 1. The molecule has 5 heteroatoms. The van der Waals surface area contributed by atoms with Crippen molar-refractivity contribution >= 4 is 11.8 Å². The normalized spacial score (nSPS) is 9.31. The van der Waals surface area contributed by atoms with Gasteiger partial charge in [0, 0.05) is 19.2 Å². The Morgan fingerprint density at radius 2 is 2.44 bits per heavy atom. The number of nitrogens with one attached hydrogen (secondary N) is 1. The van der Waals surface area contributed by atoms with E-state index in [9.17, 15) is 4.79 Å². The van der Waals surface area contributed by atoms with Gasteiger partial charge in [-0.3, -0.25) is 0 Å². The number of hydrogen-bond acceptors (Lipinski definition) is 5. The van der Waals surface area contributed by atoms with Crippen molar-refractivity contribution in [3.05, 3.63) is 17.6 Å². The van der Waals surface area contributed by atoms with Crippen LogP contribution in [0.4, 0.5) is 5.82 Å². The second-order valence-corrected chi connectivity index (χ2v) is 3.05. The van der Waals surface area contributed by atoms with Gasteiger partial charge in [0.05, 0.1) is 7.11 Å². The molecule has 1 heterocycles. The molecule has 84 valence electrons. The molecule has 0 amide bonds. The summed E-state index contributed by atoms with van der Waals surface area (Å²) in [5.74, 6) is 3.06. The minimum Gasteiger partial charge on any atom is -0.465 e. The number of methoxy groups -OCH3 is 1. The average Bonchev–Trinajstić information content (AvgIpc) is 2.29. The summed E-state index contributed by atoms with van der Waals surface area (Å²) < 4.78 is 4.62. The molecule has 0 atom stereocenters. The van der Waals surface area contributed by atoms with Crippen LogP contribution in [0.15, 0.2) is 6.20 Å². The molecule has 5 nitrogen and oxygen atoms in total. The first kappa shape index (κ1) is 12.0. The van der Waals surface area contributed by atoms with Crippen molar-refractivity contribution in [1.82, 2.24) is 9.97 Å². The Morgan fingerprint density at radius 1 is 1.69 bits per heavy atom. The molecular formula is C11H13N3O2. The topological polar surface area (TPSA) is 64.1 Å². The van der Waals surface area contributed by atoms with Gasteiger partial charge in [0.2, 0.25) is 0 Å². The van der Waals surface area contributed by atoms with Crippen LogP contribution in [0.25, 0.3) is 0 Å². The molecule has 1 aromatic heterocycles. The zero-order chi connectivity index (χ0) is 12.0. The van der Waals surface area contributed by atoms with Crippen LogP contribution < -0.4 is 5.32 Å². The van der Waals surface area contributed by atoms with Gasteiger partial charge in [-0.2, -0.15) is 0 Å². The van der Waals surface area contributed by atoms with Gasteiger partial charge >= 0.3 is 5.97 Å². The number of anilines is 1. The molecule has 0 aliphatic heterocycles. The highest BCUT2D eigenvalue weighted by Gasteiger charge is 2.13. The van der Waals surface area contributed by atoms with E-state index in [1.54, 1.807) is 6.92 Å². The number of rotatable bonds is 4. The SMILES string of the molecule is C#CCCNc1nc(C)ncc1C(=O)OC. The summed E-state index contributed by atoms with van der Waals surface area (Å²) >= 11 is 0. The maximum atomic E-state index is 11.4. The standard InChI is InChI=1S/C11H13N3O2/c1-4-5-6-12-10-9(11(15)16-3)7-13-8(2)14-10/h1,7H,5-6H2,2-3H3,(H,12,13,14). The number of hydrogen-bond donors (Lipinski definition) is 1. The zero-order valence-electron chi connectivity index (χ0n) is 9.28. The number of carbonyl (C=O) groups is 1. The van der Waals surface area contributed by atoms with Crippen LogP contribution in [0.3, 0.4) is 0 Å². The van der Waals surface area contributed by atoms with Crippen LogP contribution in [0.2, 0.25) is 0 Å². The van der Waals surface area contributed by atoms with Crippen LogP contribution in [0, 0.1) is 19.3 Å². The fourth-order valence-electron chi connectivity index (χ4n) is 1.12. The number of esters is 1. The van der Waals surface area contributed by atoms with E-state index >= 15 is 0 Å². The van der Waals surface area contributed by atoms with E-state index in [-0.39, 0.29) is 0 Å². The third-order valence-electron chi connectivity index (χ3n) is 1.88. The molecule has 0 saturated heterocycles. The van der Waals surface area contributed by atoms with E-state index in [2.05, 4.69) is 25.9 Å². The van der Waals surface area contributed by atoms with Crippen molar-refractivity contribution in [2.75, 3.05) is 19.0 Å². The highest BCUT2D eigenvalue weighted by molar-refractivity contribution is 5.94. The Bertz CT molecular complexity index is 424. The predicted octanol–water partition coefficient (Wildman–Crippen LogP) is 1.01. The summed E-state index contributed by atoms with van der Waals surface area (Å²) in [6, 6.07) is 0. The van der Waals surface area contributed by atoms with Gasteiger partial charge in [0.1, 0.15) is 17.2 Å². The first-order chi connectivity index (χ1) is 7.69. The first-order valence-corrected chi connectivity index (χ1v) is 4.78. The molecule has 0 bridgehead atoms. The number of aromatic nitrogens is 2. The van der Waals surface area contributed by atoms with Gasteiger partial charge in [-0.25, -0.2) is 14.8 Å². The average molecular weight is 219 g/mol. The molecule has 1 aromatic rings. The molecule has 0 fully saturated rings. The van der Waals surface area contributed by atoms with Crippen LogP contribution >= 0.6 is 0 Å². The number of ether oxygens (including phenoxy) is 1. The second kappa shape index (κ2) is 5.71. The van der Waals surface area contributed by atoms with Crippen molar-refractivity contribution in [3.63, 3.8) is 0 Å². The highest BCUT2D eigenvalue weighted by atomic mass is 16.5. The summed E-state index contributed by atoms with van der Waals surface area (Å²) in [4.78, 5) is 19.5. The van der Waals surface area contributed by atoms with Crippen LogP contribution in [0.5, 0.6) is 0 Å². The number of aryl methyl sites for hydroxylation is 1. The maximum absolute atomic E-state index is 11.4. The molecule has 0 spiro atoms. The molecular weight excluding hydrogens is 206 g/mol. The fourth-order valence-corrected chi connectivity index (χ4v) is 1.12. The molecule has 1 rings (SSSR count). The van der Waals surface area contributed by atoms with Crippen molar-refractivity contribution in [2.45, 2.75) is 13.3 Å². The third-order valence-corrected chi connectivity index (χ3v) is 1.88. The zero-order valence-corrected chi connectivity index (χ0v) is 9.28. The summed E-state index contributed by atoms with van der Waals surface area (Å²) in [7, 11) is 1.31. The highest BCUT2D eigenvalue weighted by Crippen LogP contribution is 2.12. The first-order valence-electron chi connectivity index (χ1n) is 4.78. The van der Waals surface area contributed by atoms with Crippen molar-refractivity contribution < 1.29 is 9.53 Å². The lowest BCUT2D eigenvalue weighted by Crippen LogP contribution is -2.12. The van der Waals surface area contributed by atoms with E-state index in [0.29, 0.717) is 30.2 Å². The van der Waals surface area contributed by atoms with Crippen LogP contribution in [-0.2, 0) is 4.74 Å². The van der Waals surface area contributed by atoms with E-state index in [1.807, 2.05) is 0 Å². The van der Waals surface area contributed by atoms with Crippen molar-refractivity contribution in [2.24, 2.45) is 0 Å². The molecule has 0 aliphatic rings. The molecule has 0 unspecified atom stereocenters. The lowest BCUT2D eigenvalue weighted by molar-refractivity contribution is 0.0601. The molecule has 0 aliphatic carbocycles. The Morgan fingerprint density at radius 3 is 3.06 bits per heavy atom. The van der Waals surface area contributed by atoms with Crippen molar-refractivity contribution in [1.29, 1.82) is 0 Å². The van der Waals surface area contributed by atoms with Gasteiger partial charge in [-0.15, -0.1) is 12.3 Å². The second-order valence-electron chi connectivity index (χ2n) is 3.05. The summed E-state index contributed by atoms with van der Waals surface area (Å²) in [6.45, 7) is 2.30. The largest absolute Gasteiger partial charge is 0.465 e. The smallest absolute Gasteiger partial charge is 0.343 e. The maximum Gasteiger partial charge on any atom is 0.343 e. The van der Waals surface area contributed by atoms with Gasteiger partial charge < -0.3 is 10.1 Å². The molecule has 0 saturated carbocycles. The lowest BCUT2D eigenvalue weighted by Gasteiger charge is -2.08. The Hall–Kier alpha value is -2.09. The predicted molar refractivity (Wildman–Crippen MR) is 60.0 cm³/mol. The Labute approximate surface area is 94.2 Å². The molecule has 0 radical (unpaired) electrons. The van der Waals surface area contributed by atoms with Crippen molar-refractivity contribution in [3.8, 4) is 12.3 Å².